The van der Waals surface area contributed by atoms with Gasteiger partial charge in [0, 0.05) is 47.8 Å². The van der Waals surface area contributed by atoms with Gasteiger partial charge in [0.2, 0.25) is 5.91 Å². The first-order valence-corrected chi connectivity index (χ1v) is 27.5. The predicted molar refractivity (Wildman–Crippen MR) is 289 cm³/mol. The molecule has 0 bridgehead atoms. The van der Waals surface area contributed by atoms with Crippen molar-refractivity contribution in [1.29, 1.82) is 0 Å². The van der Waals surface area contributed by atoms with Gasteiger partial charge in [-0.15, -0.1) is 0 Å². The maximum atomic E-state index is 14.9. The first kappa shape index (κ1) is 52.0. The predicted octanol–water partition coefficient (Wildman–Crippen LogP) is 5.98. The summed E-state index contributed by atoms with van der Waals surface area (Å²) in [6.45, 7) is 9.76. The van der Waals surface area contributed by atoms with Crippen LogP contribution >= 0.6 is 0 Å². The van der Waals surface area contributed by atoms with Crippen molar-refractivity contribution in [3.8, 4) is 11.5 Å². The number of rotatable bonds is 17. The third-order valence-corrected chi connectivity index (χ3v) is 20.4. The van der Waals surface area contributed by atoms with E-state index in [1.165, 1.54) is 21.5 Å². The van der Waals surface area contributed by atoms with Crippen molar-refractivity contribution < 1.29 is 32.9 Å². The number of aryl methyl sites for hydroxylation is 2. The van der Waals surface area contributed by atoms with Crippen LogP contribution in [0.2, 0.25) is 5.04 Å². The van der Waals surface area contributed by atoms with Crippen molar-refractivity contribution in [2.24, 2.45) is 11.8 Å². The van der Waals surface area contributed by atoms with Gasteiger partial charge in [-0.2, -0.15) is 0 Å². The van der Waals surface area contributed by atoms with Crippen LogP contribution < -0.4 is 47.7 Å². The van der Waals surface area contributed by atoms with E-state index in [4.69, 9.17) is 28.1 Å². The van der Waals surface area contributed by atoms with Crippen molar-refractivity contribution in [3.05, 3.63) is 221 Å². The van der Waals surface area contributed by atoms with Crippen LogP contribution in [0.15, 0.2) is 171 Å². The molecule has 16 nitrogen and oxygen atoms in total. The second-order valence-corrected chi connectivity index (χ2v) is 25.2. The molecule has 2 aliphatic heterocycles. The Kier molecular flexibility index (Phi) is 14.3. The van der Waals surface area contributed by atoms with E-state index >= 15 is 0 Å². The van der Waals surface area contributed by atoms with Gasteiger partial charge in [0.1, 0.15) is 29.6 Å². The molecular weight excluding hydrogens is 983 g/mol. The first-order chi connectivity index (χ1) is 36.6. The van der Waals surface area contributed by atoms with Gasteiger partial charge in [-0.05, 0) is 70.2 Å². The summed E-state index contributed by atoms with van der Waals surface area (Å²) in [4.78, 5) is 72.0. The van der Waals surface area contributed by atoms with Gasteiger partial charge >= 0.3 is 11.4 Å². The third kappa shape index (κ3) is 9.62. The molecule has 1 amide bonds. The van der Waals surface area contributed by atoms with Crippen LogP contribution in [0.4, 0.5) is 0 Å². The zero-order valence-electron chi connectivity index (χ0n) is 43.6. The summed E-state index contributed by atoms with van der Waals surface area (Å²) in [5.41, 5.74) is -0.366. The fraction of sp³-hybridized carbons (Fsp3) is 0.339. The molecular formula is C59H63N5O11Si. The van der Waals surface area contributed by atoms with Crippen molar-refractivity contribution in [3.63, 3.8) is 0 Å². The summed E-state index contributed by atoms with van der Waals surface area (Å²) in [6, 6.07) is 45.1. The average molecular weight is 1050 g/mol. The number of amides is 1. The van der Waals surface area contributed by atoms with E-state index < -0.39 is 84.2 Å². The minimum atomic E-state index is -3.25. The zero-order valence-corrected chi connectivity index (χ0v) is 44.6. The largest absolute Gasteiger partial charge is 0.497 e. The van der Waals surface area contributed by atoms with Crippen LogP contribution in [0.25, 0.3) is 0 Å². The molecule has 76 heavy (non-hydrogen) atoms. The van der Waals surface area contributed by atoms with Crippen molar-refractivity contribution >= 4 is 24.6 Å². The molecule has 2 aromatic heterocycles. The van der Waals surface area contributed by atoms with Gasteiger partial charge in [-0.1, -0.05) is 136 Å². The Morgan fingerprint density at radius 2 is 1.13 bits per heavy atom. The highest BCUT2D eigenvalue weighted by Crippen LogP contribution is 2.57. The Bertz CT molecular complexity index is 3350. The fourth-order valence-electron chi connectivity index (χ4n) is 11.5. The Hall–Kier alpha value is -7.41. The summed E-state index contributed by atoms with van der Waals surface area (Å²) in [5, 5.41) is 4.94. The molecule has 5 aromatic carbocycles. The monoisotopic (exact) mass is 1050 g/mol. The molecule has 8 atom stereocenters. The molecule has 394 valence electrons. The number of hydrogen-bond donors (Lipinski definition) is 3. The van der Waals surface area contributed by atoms with Crippen LogP contribution in [0, 0.1) is 25.7 Å². The van der Waals surface area contributed by atoms with Crippen molar-refractivity contribution in [2.45, 2.75) is 94.9 Å². The van der Waals surface area contributed by atoms with Gasteiger partial charge in [0.05, 0.1) is 45.6 Å². The minimum Gasteiger partial charge on any atom is -0.497 e. The lowest BCUT2D eigenvalue weighted by Gasteiger charge is -2.45. The number of H-pyrrole nitrogens is 2. The number of carbonyl (C=O) groups is 1. The topological polar surface area (TPSA) is 194 Å². The number of aromatic nitrogens is 4. The number of ether oxygens (including phenoxy) is 5. The number of carbonyl (C=O) groups excluding carboxylic acids is 1. The summed E-state index contributed by atoms with van der Waals surface area (Å²) in [5.74, 6) is 0.256. The van der Waals surface area contributed by atoms with E-state index in [1.54, 1.807) is 28.1 Å². The number of benzene rings is 5. The maximum absolute atomic E-state index is 14.9. The molecule has 0 spiro atoms. The van der Waals surface area contributed by atoms with Crippen LogP contribution in [0.5, 0.6) is 11.5 Å². The summed E-state index contributed by atoms with van der Waals surface area (Å²) >= 11 is 0. The van der Waals surface area contributed by atoms with E-state index in [1.807, 2.05) is 115 Å². The van der Waals surface area contributed by atoms with Gasteiger partial charge < -0.3 is 33.4 Å². The number of fused-ring (bicyclic) bond motifs is 1. The smallest absolute Gasteiger partial charge is 0.330 e. The number of nitrogens with one attached hydrogen (secondary N) is 3. The van der Waals surface area contributed by atoms with Gasteiger partial charge in [0.15, 0.2) is 0 Å². The normalized spacial score (nSPS) is 22.2. The number of aromatic amines is 2. The quantitative estimate of drug-likeness (QED) is 0.0718. The molecule has 3 N–H and O–H groups in total. The molecule has 17 heteroatoms. The molecule has 10 rings (SSSR count). The van der Waals surface area contributed by atoms with E-state index in [9.17, 15) is 24.0 Å². The molecule has 0 radical (unpaired) electrons. The summed E-state index contributed by atoms with van der Waals surface area (Å²) < 4.78 is 42.4. The molecule has 3 fully saturated rings. The minimum absolute atomic E-state index is 0.0171. The number of hydrogen-bond acceptors (Lipinski definition) is 11. The lowest BCUT2D eigenvalue weighted by molar-refractivity contribution is -0.127. The van der Waals surface area contributed by atoms with Crippen molar-refractivity contribution in [2.75, 3.05) is 20.8 Å². The molecule has 7 aromatic rings. The van der Waals surface area contributed by atoms with Crippen LogP contribution in [0.3, 0.4) is 0 Å². The van der Waals surface area contributed by atoms with Gasteiger partial charge in [-0.3, -0.25) is 33.5 Å². The van der Waals surface area contributed by atoms with Gasteiger partial charge in [0.25, 0.3) is 19.4 Å². The lowest BCUT2D eigenvalue weighted by atomic mass is 9.80. The Labute approximate surface area is 440 Å². The highest BCUT2D eigenvalue weighted by Gasteiger charge is 2.66. The third-order valence-electron chi connectivity index (χ3n) is 15.4. The lowest BCUT2D eigenvalue weighted by Crippen LogP contribution is -2.68. The van der Waals surface area contributed by atoms with Crippen LogP contribution in [-0.4, -0.2) is 78.5 Å². The molecule has 1 saturated carbocycles. The van der Waals surface area contributed by atoms with Crippen molar-refractivity contribution in [1.82, 2.24) is 24.4 Å². The molecule has 0 unspecified atom stereocenters. The molecule has 3 aliphatic rings. The maximum Gasteiger partial charge on any atom is 0.330 e. The first-order valence-electron chi connectivity index (χ1n) is 25.6. The van der Waals surface area contributed by atoms with E-state index in [2.05, 4.69) is 60.3 Å². The van der Waals surface area contributed by atoms with Gasteiger partial charge in [-0.25, -0.2) is 9.59 Å². The molecule has 4 heterocycles. The highest BCUT2D eigenvalue weighted by molar-refractivity contribution is 6.99. The Morgan fingerprint density at radius 3 is 1.64 bits per heavy atom. The van der Waals surface area contributed by atoms with Crippen LogP contribution in [0.1, 0.15) is 73.9 Å². The SMILES string of the molecule is COc1ccc(C(OC[C@H]2O[C@@H](n3cc(C)c(=O)[nH]c3=O)[C@@H]3[C@@H](NC(=O)C[C@H]4O[C@@H](n5cc(C)c(=O)[nH]c5=O)C[C@@H]4O[Si](c4ccccc4)(c4ccccc4)C(C)(C)C)[C@@H]32)(c2ccccc2)c2ccc(OC)cc2)cc1. The standard InChI is InChI=1S/C59H63N5O11Si/c1-36-33-63(56(68)61-53(36)66)49-32-46(75-76(58(3,4)5,43-19-13-9-14-20-43)44-21-15-10-16-22-44)45(73-49)31-48(65)60-52-50-47(74-55(51(50)52)64-34-37(2)54(67)62-57(64)69)35-72-59(38-17-11-8-12-18-38,39-23-27-41(70-6)28-24-39)40-25-29-42(71-7)30-26-40/h8-30,33-34,45-47,49-52,55H,31-32,35H2,1-7H3,(H,60,65)(H,61,66,68)(H,62,67,69)/t45-,46+,47-,49-,50-,51+,52+,55-/m1/s1. The number of methoxy groups -OCH3 is 2. The zero-order chi connectivity index (χ0) is 53.5. The summed E-state index contributed by atoms with van der Waals surface area (Å²) in [7, 11) is -0.0182. The molecule has 1 aliphatic carbocycles. The Balaban J connectivity index is 0.993. The van der Waals surface area contributed by atoms with E-state index in [0.29, 0.717) is 22.6 Å². The average Bonchev–Trinajstić information content (AvgIpc) is 3.85. The second-order valence-electron chi connectivity index (χ2n) is 21.0. The second kappa shape index (κ2) is 21.0. The van der Waals surface area contributed by atoms with Crippen LogP contribution in [-0.2, 0) is 29.0 Å². The number of nitrogens with zero attached hydrogens (tertiary/aromatic N) is 2. The Morgan fingerprint density at radius 1 is 0.645 bits per heavy atom. The highest BCUT2D eigenvalue weighted by atomic mass is 28.4. The summed E-state index contributed by atoms with van der Waals surface area (Å²) in [6.07, 6.45) is -0.922. The fourth-order valence-corrected chi connectivity index (χ4v) is 16.3. The van der Waals surface area contributed by atoms with E-state index in [0.717, 1.165) is 27.1 Å². The van der Waals surface area contributed by atoms with E-state index in [-0.39, 0.29) is 31.3 Å². The molecule has 2 saturated heterocycles.